The van der Waals surface area contributed by atoms with Crippen LogP contribution in [0.25, 0.3) is 0 Å². The first-order chi connectivity index (χ1) is 15.4. The summed E-state index contributed by atoms with van der Waals surface area (Å²) in [5.74, 6) is 1.02. The van der Waals surface area contributed by atoms with Gasteiger partial charge >= 0.3 is 0 Å². The first-order valence-electron chi connectivity index (χ1n) is 9.65. The molecule has 0 fully saturated rings. The minimum absolute atomic E-state index is 0.0709. The third kappa shape index (κ3) is 5.31. The molecule has 0 unspecified atom stereocenters. The number of benzene rings is 2. The number of thioether (sulfide) groups is 1. The number of carbonyl (C=O) groups is 1. The van der Waals surface area contributed by atoms with Gasteiger partial charge in [-0.25, -0.2) is 8.42 Å². The number of hydrogen-bond acceptors (Lipinski definition) is 9. The lowest BCUT2D eigenvalue weighted by molar-refractivity contribution is -0.114. The highest BCUT2D eigenvalue weighted by Crippen LogP contribution is 2.36. The van der Waals surface area contributed by atoms with E-state index in [2.05, 4.69) is 15.5 Å². The maximum absolute atomic E-state index is 12.7. The topological polar surface area (TPSA) is 111 Å². The Morgan fingerprint density at radius 2 is 1.94 bits per heavy atom. The molecular weight excluding hydrogens is 472 g/mol. The third-order valence-corrected chi connectivity index (χ3v) is 8.27. The third-order valence-electron chi connectivity index (χ3n) is 4.49. The van der Waals surface area contributed by atoms with Crippen LogP contribution in [0.4, 0.5) is 10.8 Å². The van der Waals surface area contributed by atoms with E-state index in [1.807, 2.05) is 30.3 Å². The second kappa shape index (κ2) is 9.76. The number of nitrogens with one attached hydrogen (secondary N) is 1. The van der Waals surface area contributed by atoms with Crippen molar-refractivity contribution in [1.29, 1.82) is 0 Å². The normalized spacial score (nSPS) is 12.5. The van der Waals surface area contributed by atoms with Gasteiger partial charge in [0.05, 0.1) is 11.4 Å². The molecule has 2 aromatic carbocycles. The number of amides is 1. The van der Waals surface area contributed by atoms with Gasteiger partial charge < -0.3 is 9.47 Å². The van der Waals surface area contributed by atoms with Crippen molar-refractivity contribution in [3.05, 3.63) is 54.1 Å². The second-order valence-corrected chi connectivity index (χ2v) is 11.0. The van der Waals surface area contributed by atoms with Crippen LogP contribution in [0.15, 0.2) is 52.9 Å². The molecule has 0 aliphatic carbocycles. The smallest absolute Gasteiger partial charge is 0.246 e. The number of aromatic nitrogens is 2. The van der Waals surface area contributed by atoms with Crippen molar-refractivity contribution in [2.24, 2.45) is 0 Å². The summed E-state index contributed by atoms with van der Waals surface area (Å²) in [6.45, 7) is 1.19. The van der Waals surface area contributed by atoms with E-state index in [-0.39, 0.29) is 12.5 Å². The van der Waals surface area contributed by atoms with Crippen LogP contribution in [0.2, 0.25) is 0 Å². The quantitative estimate of drug-likeness (QED) is 0.358. The zero-order chi connectivity index (χ0) is 22.6. The number of hydrogen-bond donors (Lipinski definition) is 1. The van der Waals surface area contributed by atoms with Gasteiger partial charge in [-0.05, 0) is 24.6 Å². The van der Waals surface area contributed by atoms with Gasteiger partial charge in [-0.3, -0.25) is 14.4 Å². The van der Waals surface area contributed by atoms with Crippen LogP contribution < -0.4 is 19.1 Å². The molecular formula is C20H20N4O5S3. The number of anilines is 2. The number of sulfonamides is 1. The molecule has 2 heterocycles. The van der Waals surface area contributed by atoms with E-state index in [0.717, 1.165) is 15.6 Å². The fraction of sp³-hybridized carbons (Fsp3) is 0.250. The highest BCUT2D eigenvalue weighted by atomic mass is 32.2. The van der Waals surface area contributed by atoms with Gasteiger partial charge in [-0.1, -0.05) is 53.4 Å². The second-order valence-electron chi connectivity index (χ2n) is 6.64. The molecule has 0 atom stereocenters. The monoisotopic (exact) mass is 492 g/mol. The molecule has 0 radical (unpaired) electrons. The Hall–Kier alpha value is -2.83. The Kier molecular flexibility index (Phi) is 6.82. The fourth-order valence-corrected chi connectivity index (χ4v) is 5.66. The molecule has 4 rings (SSSR count). The van der Waals surface area contributed by atoms with Crippen LogP contribution in [0, 0.1) is 0 Å². The zero-order valence-corrected chi connectivity index (χ0v) is 19.5. The standard InChI is InChI=1S/C20H20N4O5S3/c1-2-32(26,27)24(15-8-9-16-17(10-15)29-13-28-16)11-18(25)21-19-22-23-20(31-19)30-12-14-6-4-3-5-7-14/h3-10H,2,11-13H2,1H3,(H,21,22,25). The van der Waals surface area contributed by atoms with Gasteiger partial charge in [0.1, 0.15) is 6.54 Å². The molecule has 12 heteroatoms. The summed E-state index contributed by atoms with van der Waals surface area (Å²) in [6, 6.07) is 14.7. The van der Waals surface area contributed by atoms with Crippen molar-refractivity contribution < 1.29 is 22.7 Å². The molecule has 1 aliphatic heterocycles. The average molecular weight is 493 g/mol. The first kappa shape index (κ1) is 22.4. The molecule has 0 saturated carbocycles. The molecule has 1 amide bonds. The summed E-state index contributed by atoms with van der Waals surface area (Å²) in [5, 5.41) is 11.0. The number of fused-ring (bicyclic) bond motifs is 1. The number of rotatable bonds is 9. The lowest BCUT2D eigenvalue weighted by atomic mass is 10.2. The Labute approximate surface area is 193 Å². The summed E-state index contributed by atoms with van der Waals surface area (Å²) in [7, 11) is -3.71. The number of nitrogens with zero attached hydrogens (tertiary/aromatic N) is 3. The Bertz CT molecular complexity index is 1200. The fourth-order valence-electron chi connectivity index (χ4n) is 2.87. The van der Waals surface area contributed by atoms with Gasteiger partial charge in [-0.2, -0.15) is 0 Å². The summed E-state index contributed by atoms with van der Waals surface area (Å²) >= 11 is 2.75. The highest BCUT2D eigenvalue weighted by Gasteiger charge is 2.26. The van der Waals surface area contributed by atoms with E-state index in [1.165, 1.54) is 30.0 Å². The zero-order valence-electron chi connectivity index (χ0n) is 17.1. The van der Waals surface area contributed by atoms with Crippen LogP contribution in [0.1, 0.15) is 12.5 Å². The summed E-state index contributed by atoms with van der Waals surface area (Å²) in [5.41, 5.74) is 1.48. The van der Waals surface area contributed by atoms with Crippen molar-refractivity contribution in [3.63, 3.8) is 0 Å². The lowest BCUT2D eigenvalue weighted by Crippen LogP contribution is -2.39. The minimum atomic E-state index is -3.71. The SMILES string of the molecule is CCS(=O)(=O)N(CC(=O)Nc1nnc(SCc2ccccc2)s1)c1ccc2c(c1)OCO2. The summed E-state index contributed by atoms with van der Waals surface area (Å²) in [6.07, 6.45) is 0. The maximum Gasteiger partial charge on any atom is 0.246 e. The molecule has 1 N–H and O–H groups in total. The van der Waals surface area contributed by atoms with Crippen molar-refractivity contribution in [1.82, 2.24) is 10.2 Å². The largest absolute Gasteiger partial charge is 0.454 e. The molecule has 3 aromatic rings. The van der Waals surface area contributed by atoms with Crippen LogP contribution in [-0.4, -0.2) is 43.6 Å². The molecule has 1 aliphatic rings. The van der Waals surface area contributed by atoms with Gasteiger partial charge in [0.25, 0.3) is 0 Å². The van der Waals surface area contributed by atoms with Gasteiger partial charge in [-0.15, -0.1) is 10.2 Å². The Morgan fingerprint density at radius 3 is 2.72 bits per heavy atom. The van der Waals surface area contributed by atoms with Crippen LogP contribution in [-0.2, 0) is 20.6 Å². The summed E-state index contributed by atoms with van der Waals surface area (Å²) < 4.78 is 37.7. The van der Waals surface area contributed by atoms with Gasteiger partial charge in [0.2, 0.25) is 27.9 Å². The number of ether oxygens (including phenoxy) is 2. The van der Waals surface area contributed by atoms with Crippen molar-refractivity contribution >= 4 is 49.8 Å². The van der Waals surface area contributed by atoms with E-state index >= 15 is 0 Å². The lowest BCUT2D eigenvalue weighted by Gasteiger charge is -2.23. The van der Waals surface area contributed by atoms with Crippen LogP contribution in [0.3, 0.4) is 0 Å². The predicted octanol–water partition coefficient (Wildman–Crippen LogP) is 3.35. The molecule has 9 nitrogen and oxygen atoms in total. The average Bonchev–Trinajstić information content (AvgIpc) is 3.45. The molecule has 0 spiro atoms. The first-order valence-corrected chi connectivity index (χ1v) is 13.1. The highest BCUT2D eigenvalue weighted by molar-refractivity contribution is 8.00. The van der Waals surface area contributed by atoms with Crippen LogP contribution >= 0.6 is 23.1 Å². The van der Waals surface area contributed by atoms with Crippen LogP contribution in [0.5, 0.6) is 11.5 Å². The van der Waals surface area contributed by atoms with E-state index < -0.39 is 22.5 Å². The van der Waals surface area contributed by atoms with E-state index in [4.69, 9.17) is 9.47 Å². The molecule has 0 saturated heterocycles. The molecule has 168 valence electrons. The van der Waals surface area contributed by atoms with Crippen molar-refractivity contribution in [3.8, 4) is 11.5 Å². The molecule has 32 heavy (non-hydrogen) atoms. The van der Waals surface area contributed by atoms with Crippen molar-refractivity contribution in [2.75, 3.05) is 28.7 Å². The van der Waals surface area contributed by atoms with Crippen molar-refractivity contribution in [2.45, 2.75) is 17.0 Å². The molecule has 1 aromatic heterocycles. The minimum Gasteiger partial charge on any atom is -0.454 e. The Balaban J connectivity index is 1.42. The van der Waals surface area contributed by atoms with E-state index in [0.29, 0.717) is 26.7 Å². The maximum atomic E-state index is 12.7. The predicted molar refractivity (Wildman–Crippen MR) is 124 cm³/mol. The Morgan fingerprint density at radius 1 is 1.16 bits per heavy atom. The number of carbonyl (C=O) groups excluding carboxylic acids is 1. The van der Waals surface area contributed by atoms with Gasteiger partial charge in [0, 0.05) is 11.8 Å². The molecule has 0 bridgehead atoms. The van der Waals surface area contributed by atoms with E-state index in [9.17, 15) is 13.2 Å². The summed E-state index contributed by atoms with van der Waals surface area (Å²) in [4.78, 5) is 12.6. The van der Waals surface area contributed by atoms with E-state index in [1.54, 1.807) is 18.2 Å². The van der Waals surface area contributed by atoms with Gasteiger partial charge in [0.15, 0.2) is 15.8 Å².